The van der Waals surface area contributed by atoms with Gasteiger partial charge in [0.25, 0.3) is 0 Å². The summed E-state index contributed by atoms with van der Waals surface area (Å²) in [4.78, 5) is 4.26. The maximum Gasteiger partial charge on any atom is 0.226 e. The number of nitrogens with one attached hydrogen (secondary N) is 1. The standard InChI is InChI=1S/C18H15FN4O/c1-24-15-4-2-3-13(9-15)17-10-16(12-5-7-14(19)8-6-12)22-18-20-11-21-23(17)18/h2-11,17H,1H3,(H,20,21,22)/t17-/m1/s1. The van der Waals surface area contributed by atoms with Gasteiger partial charge in [-0.25, -0.2) is 9.07 Å². The fraction of sp³-hybridized carbons (Fsp3) is 0.111. The number of rotatable bonds is 3. The molecule has 2 aromatic carbocycles. The Kier molecular flexibility index (Phi) is 3.49. The second kappa shape index (κ2) is 5.81. The van der Waals surface area contributed by atoms with Crippen LogP contribution in [0, 0.1) is 5.82 Å². The monoisotopic (exact) mass is 322 g/mol. The van der Waals surface area contributed by atoms with E-state index in [2.05, 4.69) is 15.4 Å². The third kappa shape index (κ3) is 2.52. The van der Waals surface area contributed by atoms with E-state index in [1.165, 1.54) is 18.5 Å². The molecule has 2 heterocycles. The van der Waals surface area contributed by atoms with Crippen LogP contribution in [0.4, 0.5) is 10.3 Å². The zero-order valence-corrected chi connectivity index (χ0v) is 13.0. The quantitative estimate of drug-likeness (QED) is 0.802. The van der Waals surface area contributed by atoms with Gasteiger partial charge in [-0.15, -0.1) is 0 Å². The van der Waals surface area contributed by atoms with Gasteiger partial charge in [0, 0.05) is 5.70 Å². The summed E-state index contributed by atoms with van der Waals surface area (Å²) in [5, 5.41) is 7.55. The van der Waals surface area contributed by atoms with Crippen LogP contribution in [0.3, 0.4) is 0 Å². The van der Waals surface area contributed by atoms with E-state index in [4.69, 9.17) is 4.74 Å². The minimum atomic E-state index is -0.261. The molecule has 1 N–H and O–H groups in total. The number of benzene rings is 2. The summed E-state index contributed by atoms with van der Waals surface area (Å²) in [5.74, 6) is 1.16. The van der Waals surface area contributed by atoms with Gasteiger partial charge in [-0.3, -0.25) is 0 Å². The number of hydrogen-bond acceptors (Lipinski definition) is 4. The maximum atomic E-state index is 13.2. The first-order valence-electron chi connectivity index (χ1n) is 7.53. The molecule has 0 amide bonds. The molecule has 0 saturated heterocycles. The summed E-state index contributed by atoms with van der Waals surface area (Å²) in [5.41, 5.74) is 2.78. The van der Waals surface area contributed by atoms with E-state index in [1.54, 1.807) is 19.2 Å². The van der Waals surface area contributed by atoms with Crippen LogP contribution in [-0.2, 0) is 0 Å². The van der Waals surface area contributed by atoms with Crippen LogP contribution in [0.25, 0.3) is 5.70 Å². The highest BCUT2D eigenvalue weighted by atomic mass is 19.1. The Labute approximate surface area is 138 Å². The van der Waals surface area contributed by atoms with Gasteiger partial charge >= 0.3 is 0 Å². The van der Waals surface area contributed by atoms with E-state index in [1.807, 2.05) is 35.0 Å². The number of anilines is 1. The number of aromatic nitrogens is 3. The molecule has 1 aromatic heterocycles. The van der Waals surface area contributed by atoms with Gasteiger partial charge in [0.15, 0.2) is 0 Å². The van der Waals surface area contributed by atoms with Gasteiger partial charge in [0.05, 0.1) is 7.11 Å². The lowest BCUT2D eigenvalue weighted by atomic mass is 10.0. The molecule has 0 unspecified atom stereocenters. The van der Waals surface area contributed by atoms with E-state index in [0.29, 0.717) is 5.95 Å². The van der Waals surface area contributed by atoms with Crippen molar-refractivity contribution in [1.82, 2.24) is 14.8 Å². The summed E-state index contributed by atoms with van der Waals surface area (Å²) in [6, 6.07) is 14.1. The van der Waals surface area contributed by atoms with Crippen molar-refractivity contribution in [1.29, 1.82) is 0 Å². The molecule has 120 valence electrons. The third-order valence-corrected chi connectivity index (χ3v) is 4.00. The Morgan fingerprint density at radius 1 is 1.17 bits per heavy atom. The first kappa shape index (κ1) is 14.4. The van der Waals surface area contributed by atoms with Crippen molar-refractivity contribution in [3.05, 3.63) is 77.9 Å². The molecule has 4 rings (SSSR count). The first-order chi connectivity index (χ1) is 11.7. The number of methoxy groups -OCH3 is 1. The number of nitrogens with zero attached hydrogens (tertiary/aromatic N) is 3. The molecule has 0 bridgehead atoms. The van der Waals surface area contributed by atoms with Gasteiger partial charge in [-0.1, -0.05) is 12.1 Å². The van der Waals surface area contributed by atoms with E-state index in [9.17, 15) is 4.39 Å². The van der Waals surface area contributed by atoms with Gasteiger partial charge in [0.1, 0.15) is 23.9 Å². The zero-order valence-electron chi connectivity index (χ0n) is 13.0. The van der Waals surface area contributed by atoms with Crippen molar-refractivity contribution < 1.29 is 9.13 Å². The Hall–Kier alpha value is -3.15. The zero-order chi connectivity index (χ0) is 16.5. The van der Waals surface area contributed by atoms with Crippen LogP contribution >= 0.6 is 0 Å². The van der Waals surface area contributed by atoms with E-state index in [-0.39, 0.29) is 11.9 Å². The Morgan fingerprint density at radius 3 is 2.79 bits per heavy atom. The lowest BCUT2D eigenvalue weighted by Gasteiger charge is -2.24. The highest BCUT2D eigenvalue weighted by Crippen LogP contribution is 2.33. The SMILES string of the molecule is COc1cccc([C@H]2C=C(c3ccc(F)cc3)Nc3ncnn32)c1. The second-order valence-electron chi connectivity index (χ2n) is 5.46. The summed E-state index contributed by atoms with van der Waals surface area (Å²) >= 11 is 0. The smallest absolute Gasteiger partial charge is 0.226 e. The van der Waals surface area contributed by atoms with Crippen LogP contribution in [-0.4, -0.2) is 21.9 Å². The van der Waals surface area contributed by atoms with Crippen molar-refractivity contribution in [2.24, 2.45) is 0 Å². The minimum absolute atomic E-state index is 0.126. The molecular formula is C18H15FN4O. The van der Waals surface area contributed by atoms with E-state index >= 15 is 0 Å². The highest BCUT2D eigenvalue weighted by Gasteiger charge is 2.23. The van der Waals surface area contributed by atoms with E-state index < -0.39 is 0 Å². The van der Waals surface area contributed by atoms with Crippen LogP contribution in [0.15, 0.2) is 60.9 Å². The predicted molar refractivity (Wildman–Crippen MR) is 89.2 cm³/mol. The number of halogens is 1. The molecule has 1 aliphatic heterocycles. The maximum absolute atomic E-state index is 13.2. The number of hydrogen-bond donors (Lipinski definition) is 1. The number of ether oxygens (including phenoxy) is 1. The second-order valence-corrected chi connectivity index (χ2v) is 5.46. The number of fused-ring (bicyclic) bond motifs is 1. The summed E-state index contributed by atoms with van der Waals surface area (Å²) in [6.07, 6.45) is 3.56. The van der Waals surface area contributed by atoms with Gasteiger partial charge in [-0.05, 0) is 53.6 Å². The molecule has 0 aliphatic carbocycles. The molecule has 24 heavy (non-hydrogen) atoms. The Morgan fingerprint density at radius 2 is 2.00 bits per heavy atom. The fourth-order valence-electron chi connectivity index (χ4n) is 2.79. The van der Waals surface area contributed by atoms with Crippen molar-refractivity contribution in [3.63, 3.8) is 0 Å². The Balaban J connectivity index is 1.80. The molecule has 5 nitrogen and oxygen atoms in total. The van der Waals surface area contributed by atoms with Crippen molar-refractivity contribution in [2.75, 3.05) is 12.4 Å². The molecule has 0 radical (unpaired) electrons. The molecule has 0 saturated carbocycles. The van der Waals surface area contributed by atoms with Gasteiger partial charge < -0.3 is 10.1 Å². The van der Waals surface area contributed by atoms with Crippen molar-refractivity contribution >= 4 is 11.6 Å². The third-order valence-electron chi connectivity index (χ3n) is 4.00. The van der Waals surface area contributed by atoms with E-state index in [0.717, 1.165) is 22.6 Å². The van der Waals surface area contributed by atoms with Crippen LogP contribution in [0.1, 0.15) is 17.2 Å². The lowest BCUT2D eigenvalue weighted by Crippen LogP contribution is -2.20. The average Bonchev–Trinajstić information content (AvgIpc) is 3.10. The average molecular weight is 322 g/mol. The molecule has 6 heteroatoms. The molecular weight excluding hydrogens is 307 g/mol. The Bertz CT molecular complexity index is 901. The van der Waals surface area contributed by atoms with Crippen LogP contribution in [0.5, 0.6) is 5.75 Å². The highest BCUT2D eigenvalue weighted by molar-refractivity contribution is 5.77. The fourth-order valence-corrected chi connectivity index (χ4v) is 2.79. The van der Waals surface area contributed by atoms with Gasteiger partial charge in [-0.2, -0.15) is 10.1 Å². The topological polar surface area (TPSA) is 52.0 Å². The summed E-state index contributed by atoms with van der Waals surface area (Å²) < 4.78 is 20.3. The lowest BCUT2D eigenvalue weighted by molar-refractivity contribution is 0.413. The van der Waals surface area contributed by atoms with Crippen LogP contribution < -0.4 is 10.1 Å². The normalized spacial score (nSPS) is 16.1. The van der Waals surface area contributed by atoms with Gasteiger partial charge in [0.2, 0.25) is 5.95 Å². The van der Waals surface area contributed by atoms with Crippen molar-refractivity contribution in [3.8, 4) is 5.75 Å². The predicted octanol–water partition coefficient (Wildman–Crippen LogP) is 3.48. The number of allylic oxidation sites excluding steroid dienone is 1. The summed E-state index contributed by atoms with van der Waals surface area (Å²) in [6.45, 7) is 0. The van der Waals surface area contributed by atoms with Crippen LogP contribution in [0.2, 0.25) is 0 Å². The molecule has 1 atom stereocenters. The molecule has 0 spiro atoms. The summed E-state index contributed by atoms with van der Waals surface area (Å²) in [7, 11) is 1.64. The largest absolute Gasteiger partial charge is 0.497 e. The van der Waals surface area contributed by atoms with Crippen molar-refractivity contribution in [2.45, 2.75) is 6.04 Å². The molecule has 3 aromatic rings. The molecule has 0 fully saturated rings. The molecule has 1 aliphatic rings. The minimum Gasteiger partial charge on any atom is -0.497 e. The first-order valence-corrected chi connectivity index (χ1v) is 7.53.